The van der Waals surface area contributed by atoms with Crippen molar-refractivity contribution in [2.75, 3.05) is 6.61 Å². The monoisotopic (exact) mass is 294 g/mol. The van der Waals surface area contributed by atoms with Gasteiger partial charge in [-0.15, -0.1) is 23.1 Å². The first kappa shape index (κ1) is 13.5. The summed E-state index contributed by atoms with van der Waals surface area (Å²) in [6.45, 7) is -0.0905. The first-order valence-corrected chi connectivity index (χ1v) is 7.53. The van der Waals surface area contributed by atoms with E-state index in [2.05, 4.69) is 17.9 Å². The van der Waals surface area contributed by atoms with Gasteiger partial charge in [-0.25, -0.2) is 0 Å². The summed E-state index contributed by atoms with van der Waals surface area (Å²) in [5.74, 6) is 6.49. The molecule has 0 fully saturated rings. The van der Waals surface area contributed by atoms with Crippen LogP contribution in [0.1, 0.15) is 9.75 Å². The Bertz CT molecular complexity index is 563. The van der Waals surface area contributed by atoms with Crippen LogP contribution in [0.3, 0.4) is 0 Å². The van der Waals surface area contributed by atoms with Gasteiger partial charge in [0.25, 0.3) is 0 Å². The zero-order chi connectivity index (χ0) is 12.8. The van der Waals surface area contributed by atoms with Crippen LogP contribution < -0.4 is 0 Å². The van der Waals surface area contributed by atoms with E-state index in [-0.39, 0.29) is 6.61 Å². The molecule has 2 rings (SSSR count). The number of thioether (sulfide) groups is 1. The molecule has 1 nitrogen and oxygen atoms in total. The zero-order valence-electron chi connectivity index (χ0n) is 9.52. The summed E-state index contributed by atoms with van der Waals surface area (Å²) in [4.78, 5) is 3.48. The van der Waals surface area contributed by atoms with Crippen molar-refractivity contribution in [2.24, 2.45) is 0 Å². The van der Waals surface area contributed by atoms with Crippen molar-refractivity contribution in [1.82, 2.24) is 0 Å². The number of thiophene rings is 1. The lowest BCUT2D eigenvalue weighted by Gasteiger charge is -1.99. The maximum atomic E-state index is 8.62. The lowest BCUT2D eigenvalue weighted by Crippen LogP contribution is -1.74. The SMILES string of the molecule is OCC#Cc1ccc(CSc2ccc(Cl)cc2)s1. The van der Waals surface area contributed by atoms with Crippen LogP contribution >= 0.6 is 34.7 Å². The van der Waals surface area contributed by atoms with Gasteiger partial charge in [-0.05, 0) is 36.4 Å². The van der Waals surface area contributed by atoms with Gasteiger partial charge in [0, 0.05) is 20.5 Å². The van der Waals surface area contributed by atoms with Gasteiger partial charge < -0.3 is 5.11 Å². The Labute approximate surface area is 120 Å². The second-order valence-electron chi connectivity index (χ2n) is 3.47. The molecule has 0 aliphatic heterocycles. The van der Waals surface area contributed by atoms with Gasteiger partial charge in [0.15, 0.2) is 0 Å². The summed E-state index contributed by atoms with van der Waals surface area (Å²) in [6, 6.07) is 11.9. The van der Waals surface area contributed by atoms with Crippen molar-refractivity contribution in [2.45, 2.75) is 10.6 Å². The molecule has 0 aliphatic rings. The average Bonchev–Trinajstić information content (AvgIpc) is 2.84. The molecule has 1 aromatic heterocycles. The smallest absolute Gasteiger partial charge is 0.104 e. The van der Waals surface area contributed by atoms with Gasteiger partial charge in [0.2, 0.25) is 0 Å². The standard InChI is InChI=1S/C14H11ClOS2/c15-11-3-5-12(6-4-11)17-10-14-8-7-13(18-14)2-1-9-16/h3-8,16H,9-10H2. The predicted octanol–water partition coefficient (Wildman–Crippen LogP) is 4.04. The predicted molar refractivity (Wildman–Crippen MR) is 79.3 cm³/mol. The summed E-state index contributed by atoms with van der Waals surface area (Å²) in [6.07, 6.45) is 0. The molecule has 0 saturated heterocycles. The van der Waals surface area contributed by atoms with Crippen molar-refractivity contribution in [3.05, 3.63) is 51.2 Å². The first-order chi connectivity index (χ1) is 8.78. The molecule has 0 radical (unpaired) electrons. The number of aliphatic hydroxyl groups is 1. The summed E-state index contributed by atoms with van der Waals surface area (Å²) in [7, 11) is 0. The maximum Gasteiger partial charge on any atom is 0.104 e. The quantitative estimate of drug-likeness (QED) is 0.681. The molecule has 4 heteroatoms. The van der Waals surface area contributed by atoms with E-state index in [1.807, 2.05) is 30.3 Å². The molecule has 92 valence electrons. The van der Waals surface area contributed by atoms with E-state index in [1.165, 1.54) is 9.77 Å². The highest BCUT2D eigenvalue weighted by Gasteiger charge is 2.00. The van der Waals surface area contributed by atoms with Gasteiger partial charge in [0.1, 0.15) is 6.61 Å². The number of rotatable bonds is 3. The van der Waals surface area contributed by atoms with Crippen molar-refractivity contribution in [3.63, 3.8) is 0 Å². The third kappa shape index (κ3) is 4.08. The third-order valence-corrected chi connectivity index (χ3v) is 4.64. The highest BCUT2D eigenvalue weighted by molar-refractivity contribution is 7.98. The molecular formula is C14H11ClOS2. The van der Waals surface area contributed by atoms with Crippen molar-refractivity contribution in [1.29, 1.82) is 0 Å². The number of benzene rings is 1. The van der Waals surface area contributed by atoms with Crippen LogP contribution in [0.4, 0.5) is 0 Å². The Balaban J connectivity index is 1.94. The Morgan fingerprint density at radius 1 is 1.17 bits per heavy atom. The van der Waals surface area contributed by atoms with Crippen LogP contribution in [0, 0.1) is 11.8 Å². The second kappa shape index (κ2) is 6.86. The molecule has 0 unspecified atom stereocenters. The molecule has 2 aromatic rings. The first-order valence-electron chi connectivity index (χ1n) is 5.35. The molecule has 0 atom stereocenters. The van der Waals surface area contributed by atoms with Crippen LogP contribution in [0.25, 0.3) is 0 Å². The van der Waals surface area contributed by atoms with Gasteiger partial charge >= 0.3 is 0 Å². The Morgan fingerprint density at radius 3 is 2.67 bits per heavy atom. The van der Waals surface area contributed by atoms with E-state index in [1.54, 1.807) is 23.1 Å². The topological polar surface area (TPSA) is 20.2 Å². The summed E-state index contributed by atoms with van der Waals surface area (Å²) in [5.41, 5.74) is 0. The normalized spacial score (nSPS) is 9.89. The average molecular weight is 295 g/mol. The van der Waals surface area contributed by atoms with Gasteiger partial charge in [-0.2, -0.15) is 0 Å². The second-order valence-corrected chi connectivity index (χ2v) is 6.12. The molecule has 18 heavy (non-hydrogen) atoms. The number of hydrogen-bond donors (Lipinski definition) is 1. The van der Waals surface area contributed by atoms with Gasteiger partial charge in [-0.1, -0.05) is 23.4 Å². The summed E-state index contributed by atoms with van der Waals surface area (Å²) >= 11 is 9.28. The minimum Gasteiger partial charge on any atom is -0.384 e. The van der Waals surface area contributed by atoms with E-state index >= 15 is 0 Å². The maximum absolute atomic E-state index is 8.62. The van der Waals surface area contributed by atoms with Crippen LogP contribution in [0.15, 0.2) is 41.3 Å². The Morgan fingerprint density at radius 2 is 1.94 bits per heavy atom. The lowest BCUT2D eigenvalue weighted by molar-refractivity contribution is 0.350. The van der Waals surface area contributed by atoms with Gasteiger partial charge in [0.05, 0.1) is 4.88 Å². The summed E-state index contributed by atoms with van der Waals surface area (Å²) < 4.78 is 0. The molecule has 0 amide bonds. The number of halogens is 1. The summed E-state index contributed by atoms with van der Waals surface area (Å²) in [5, 5.41) is 9.39. The highest BCUT2D eigenvalue weighted by atomic mass is 35.5. The van der Waals surface area contributed by atoms with E-state index in [0.717, 1.165) is 15.7 Å². The number of hydrogen-bond acceptors (Lipinski definition) is 3. The van der Waals surface area contributed by atoms with E-state index in [9.17, 15) is 0 Å². The molecule has 0 saturated carbocycles. The lowest BCUT2D eigenvalue weighted by atomic mass is 10.4. The van der Waals surface area contributed by atoms with Crippen LogP contribution in [0.5, 0.6) is 0 Å². The molecule has 0 bridgehead atoms. The molecule has 1 aromatic carbocycles. The van der Waals surface area contributed by atoms with Crippen molar-refractivity contribution < 1.29 is 5.11 Å². The fourth-order valence-corrected chi connectivity index (χ4v) is 3.28. The van der Waals surface area contributed by atoms with Crippen LogP contribution in [0.2, 0.25) is 5.02 Å². The Hall–Kier alpha value is -0.920. The largest absolute Gasteiger partial charge is 0.384 e. The minimum atomic E-state index is -0.0905. The molecule has 1 heterocycles. The highest BCUT2D eigenvalue weighted by Crippen LogP contribution is 2.27. The van der Waals surface area contributed by atoms with Gasteiger partial charge in [-0.3, -0.25) is 0 Å². The van der Waals surface area contributed by atoms with E-state index < -0.39 is 0 Å². The van der Waals surface area contributed by atoms with Crippen molar-refractivity contribution in [3.8, 4) is 11.8 Å². The zero-order valence-corrected chi connectivity index (χ0v) is 11.9. The molecule has 1 N–H and O–H groups in total. The number of aliphatic hydroxyl groups excluding tert-OH is 1. The minimum absolute atomic E-state index is 0.0905. The van der Waals surface area contributed by atoms with Crippen LogP contribution in [-0.2, 0) is 5.75 Å². The van der Waals surface area contributed by atoms with E-state index in [4.69, 9.17) is 16.7 Å². The Kier molecular flexibility index (Phi) is 5.15. The molecular weight excluding hydrogens is 284 g/mol. The molecule has 0 spiro atoms. The fourth-order valence-electron chi connectivity index (χ4n) is 1.33. The molecule has 0 aliphatic carbocycles. The van der Waals surface area contributed by atoms with Crippen LogP contribution in [-0.4, -0.2) is 11.7 Å². The van der Waals surface area contributed by atoms with E-state index in [0.29, 0.717) is 0 Å². The fraction of sp³-hybridized carbons (Fsp3) is 0.143. The third-order valence-electron chi connectivity index (χ3n) is 2.15. The van der Waals surface area contributed by atoms with Crippen molar-refractivity contribution >= 4 is 34.7 Å².